The van der Waals surface area contributed by atoms with Crippen LogP contribution in [0.1, 0.15) is 31.7 Å². The van der Waals surface area contributed by atoms with Crippen LogP contribution in [0.2, 0.25) is 0 Å². The van der Waals surface area contributed by atoms with Gasteiger partial charge in [-0.2, -0.15) is 0 Å². The first-order valence-corrected chi connectivity index (χ1v) is 9.38. The van der Waals surface area contributed by atoms with Gasteiger partial charge in [0.2, 0.25) is 0 Å². The van der Waals surface area contributed by atoms with E-state index in [1.165, 1.54) is 44.5 Å². The highest BCUT2D eigenvalue weighted by Gasteiger charge is 2.30. The molecule has 0 saturated carbocycles. The maximum atomic E-state index is 13.7. The molecule has 2 aliphatic rings. The predicted octanol–water partition coefficient (Wildman–Crippen LogP) is 2.64. The first-order chi connectivity index (χ1) is 12.2. The Kier molecular flexibility index (Phi) is 6.24. The number of aliphatic imine (C=N–C) groups is 1. The molecule has 6 heteroatoms. The van der Waals surface area contributed by atoms with Crippen molar-refractivity contribution >= 4 is 5.96 Å². The minimum absolute atomic E-state index is 0.477. The van der Waals surface area contributed by atoms with Gasteiger partial charge < -0.3 is 10.2 Å². The minimum atomic E-state index is -0.539. The van der Waals surface area contributed by atoms with Crippen molar-refractivity contribution in [2.24, 2.45) is 4.99 Å². The van der Waals surface area contributed by atoms with E-state index in [2.05, 4.69) is 27.0 Å². The summed E-state index contributed by atoms with van der Waals surface area (Å²) in [4.78, 5) is 9.58. The second kappa shape index (κ2) is 8.61. The van der Waals surface area contributed by atoms with E-state index in [1.54, 1.807) is 0 Å². The minimum Gasteiger partial charge on any atom is -0.357 e. The topological polar surface area (TPSA) is 30.9 Å². The van der Waals surface area contributed by atoms with Gasteiger partial charge in [-0.05, 0) is 57.3 Å². The molecule has 1 atom stereocenters. The molecule has 2 fully saturated rings. The van der Waals surface area contributed by atoms with Gasteiger partial charge in [-0.15, -0.1) is 0 Å². The molecule has 4 nitrogen and oxygen atoms in total. The van der Waals surface area contributed by atoms with Gasteiger partial charge >= 0.3 is 0 Å². The quantitative estimate of drug-likeness (QED) is 0.654. The number of hydrogen-bond acceptors (Lipinski definition) is 2. The summed E-state index contributed by atoms with van der Waals surface area (Å²) >= 11 is 0. The SMILES string of the molecule is CCNC(=NCCc1ccc(F)cc1F)N1CCC(N2CCCC2)C1. The van der Waals surface area contributed by atoms with Gasteiger partial charge in [-0.1, -0.05) is 6.07 Å². The molecule has 2 saturated heterocycles. The maximum Gasteiger partial charge on any atom is 0.193 e. The first-order valence-electron chi connectivity index (χ1n) is 9.38. The van der Waals surface area contributed by atoms with Crippen molar-refractivity contribution in [2.45, 2.75) is 38.6 Å². The van der Waals surface area contributed by atoms with Crippen LogP contribution >= 0.6 is 0 Å². The summed E-state index contributed by atoms with van der Waals surface area (Å²) < 4.78 is 26.7. The zero-order chi connectivity index (χ0) is 17.6. The maximum absolute atomic E-state index is 13.7. The molecule has 0 spiro atoms. The Morgan fingerprint density at radius 3 is 2.76 bits per heavy atom. The van der Waals surface area contributed by atoms with Gasteiger partial charge in [-0.3, -0.25) is 9.89 Å². The highest BCUT2D eigenvalue weighted by atomic mass is 19.1. The molecule has 0 aliphatic carbocycles. The van der Waals surface area contributed by atoms with Crippen LogP contribution in [0.25, 0.3) is 0 Å². The average Bonchev–Trinajstić information content (AvgIpc) is 3.27. The molecule has 1 aromatic carbocycles. The Bertz CT molecular complexity index is 599. The molecule has 0 radical (unpaired) electrons. The molecule has 0 amide bonds. The van der Waals surface area contributed by atoms with Gasteiger partial charge in [0.1, 0.15) is 11.6 Å². The lowest BCUT2D eigenvalue weighted by molar-refractivity contribution is 0.249. The summed E-state index contributed by atoms with van der Waals surface area (Å²) in [5.41, 5.74) is 0.511. The van der Waals surface area contributed by atoms with Crippen LogP contribution in [-0.4, -0.2) is 61.1 Å². The molecule has 1 N–H and O–H groups in total. The van der Waals surface area contributed by atoms with Crippen molar-refractivity contribution in [1.29, 1.82) is 0 Å². The summed E-state index contributed by atoms with van der Waals surface area (Å²) in [7, 11) is 0. The van der Waals surface area contributed by atoms with Crippen molar-refractivity contribution < 1.29 is 8.78 Å². The highest BCUT2D eigenvalue weighted by molar-refractivity contribution is 5.80. The van der Waals surface area contributed by atoms with E-state index in [0.29, 0.717) is 24.6 Å². The van der Waals surface area contributed by atoms with Crippen LogP contribution in [-0.2, 0) is 6.42 Å². The Labute approximate surface area is 148 Å². The Morgan fingerprint density at radius 2 is 2.04 bits per heavy atom. The third-order valence-electron chi connectivity index (χ3n) is 5.11. The molecular weight excluding hydrogens is 322 g/mol. The molecule has 138 valence electrons. The standard InChI is InChI=1S/C19H28F2N4/c1-2-22-19(23-9-7-15-5-6-16(20)13-18(15)21)25-12-8-17(14-25)24-10-3-4-11-24/h5-6,13,17H,2-4,7-12,14H2,1H3,(H,22,23). The van der Waals surface area contributed by atoms with Crippen molar-refractivity contribution in [3.8, 4) is 0 Å². The van der Waals surface area contributed by atoms with Gasteiger partial charge in [0.05, 0.1) is 0 Å². The Balaban J connectivity index is 1.57. The third kappa shape index (κ3) is 4.69. The molecule has 0 bridgehead atoms. The van der Waals surface area contributed by atoms with Gasteiger partial charge in [0.15, 0.2) is 5.96 Å². The number of hydrogen-bond donors (Lipinski definition) is 1. The van der Waals surface area contributed by atoms with Crippen LogP contribution in [0, 0.1) is 11.6 Å². The van der Waals surface area contributed by atoms with Crippen LogP contribution in [0.5, 0.6) is 0 Å². The summed E-state index contributed by atoms with van der Waals surface area (Å²) in [5.74, 6) is -0.120. The summed E-state index contributed by atoms with van der Waals surface area (Å²) in [6, 6.07) is 4.37. The van der Waals surface area contributed by atoms with E-state index < -0.39 is 11.6 Å². The number of benzene rings is 1. The van der Waals surface area contributed by atoms with Crippen molar-refractivity contribution in [1.82, 2.24) is 15.1 Å². The number of nitrogens with zero attached hydrogens (tertiary/aromatic N) is 3. The van der Waals surface area contributed by atoms with E-state index in [-0.39, 0.29) is 0 Å². The molecule has 3 rings (SSSR count). The smallest absolute Gasteiger partial charge is 0.193 e. The summed E-state index contributed by atoms with van der Waals surface area (Å²) in [5, 5.41) is 3.35. The molecule has 1 unspecified atom stereocenters. The van der Waals surface area contributed by atoms with Gasteiger partial charge in [0, 0.05) is 38.3 Å². The zero-order valence-electron chi connectivity index (χ0n) is 15.0. The average molecular weight is 350 g/mol. The van der Waals surface area contributed by atoms with E-state index in [1.807, 2.05) is 0 Å². The summed E-state index contributed by atoms with van der Waals surface area (Å²) in [6.07, 6.45) is 4.28. The molecular formula is C19H28F2N4. The predicted molar refractivity (Wildman–Crippen MR) is 96.8 cm³/mol. The second-order valence-corrected chi connectivity index (χ2v) is 6.85. The van der Waals surface area contributed by atoms with Crippen LogP contribution in [0.15, 0.2) is 23.2 Å². The fourth-order valence-electron chi connectivity index (χ4n) is 3.77. The van der Waals surface area contributed by atoms with Crippen molar-refractivity contribution in [3.63, 3.8) is 0 Å². The summed E-state index contributed by atoms with van der Waals surface area (Å²) in [6.45, 7) is 7.83. The Hall–Kier alpha value is -1.69. The molecule has 0 aromatic heterocycles. The lowest BCUT2D eigenvalue weighted by Gasteiger charge is -2.25. The fraction of sp³-hybridized carbons (Fsp3) is 0.632. The van der Waals surface area contributed by atoms with Crippen LogP contribution in [0.4, 0.5) is 8.78 Å². The van der Waals surface area contributed by atoms with E-state index >= 15 is 0 Å². The lowest BCUT2D eigenvalue weighted by atomic mass is 10.1. The first kappa shape index (κ1) is 18.1. The monoisotopic (exact) mass is 350 g/mol. The molecule has 2 aliphatic heterocycles. The lowest BCUT2D eigenvalue weighted by Crippen LogP contribution is -2.42. The van der Waals surface area contributed by atoms with Gasteiger partial charge in [-0.25, -0.2) is 8.78 Å². The second-order valence-electron chi connectivity index (χ2n) is 6.85. The van der Waals surface area contributed by atoms with E-state index in [4.69, 9.17) is 0 Å². The fourth-order valence-corrected chi connectivity index (χ4v) is 3.77. The number of nitrogens with one attached hydrogen (secondary N) is 1. The largest absolute Gasteiger partial charge is 0.357 e. The van der Waals surface area contributed by atoms with Gasteiger partial charge in [0.25, 0.3) is 0 Å². The van der Waals surface area contributed by atoms with E-state index in [9.17, 15) is 8.78 Å². The van der Waals surface area contributed by atoms with E-state index in [0.717, 1.165) is 31.7 Å². The number of rotatable bonds is 5. The third-order valence-corrected chi connectivity index (χ3v) is 5.11. The highest BCUT2D eigenvalue weighted by Crippen LogP contribution is 2.20. The normalized spacial score (nSPS) is 22.0. The zero-order valence-corrected chi connectivity index (χ0v) is 15.0. The van der Waals surface area contributed by atoms with Crippen LogP contribution < -0.4 is 5.32 Å². The molecule has 1 aromatic rings. The van der Waals surface area contributed by atoms with Crippen LogP contribution in [0.3, 0.4) is 0 Å². The number of likely N-dealkylation sites (tertiary alicyclic amines) is 2. The molecule has 25 heavy (non-hydrogen) atoms. The Morgan fingerprint density at radius 1 is 1.24 bits per heavy atom. The number of guanidine groups is 1. The number of halogens is 2. The van der Waals surface area contributed by atoms with Crippen molar-refractivity contribution in [3.05, 3.63) is 35.4 Å². The molecule has 2 heterocycles. The van der Waals surface area contributed by atoms with Crippen molar-refractivity contribution in [2.75, 3.05) is 39.3 Å².